The number of carbonyl (C=O) groups excluding carboxylic acids is 1. The molecular formula is C29H31ClN2O3S. The summed E-state index contributed by atoms with van der Waals surface area (Å²) in [5.41, 5.74) is 2.34. The van der Waals surface area contributed by atoms with Gasteiger partial charge in [-0.2, -0.15) is 8.42 Å². The van der Waals surface area contributed by atoms with Crippen molar-refractivity contribution in [3.63, 3.8) is 0 Å². The molecule has 4 rings (SSSR count). The number of amidine groups is 1. The number of rotatable bonds is 10. The zero-order valence-electron chi connectivity index (χ0n) is 20.6. The molecule has 188 valence electrons. The van der Waals surface area contributed by atoms with Crippen LogP contribution in [-0.4, -0.2) is 31.0 Å². The molecule has 36 heavy (non-hydrogen) atoms. The van der Waals surface area contributed by atoms with Gasteiger partial charge in [-0.15, -0.1) is 4.40 Å². The summed E-state index contributed by atoms with van der Waals surface area (Å²) in [5, 5.41) is 0.544. The van der Waals surface area contributed by atoms with Crippen molar-refractivity contribution in [3.8, 4) is 0 Å². The minimum absolute atomic E-state index is 0.0745. The lowest BCUT2D eigenvalue weighted by Crippen LogP contribution is -2.21. The Morgan fingerprint density at radius 3 is 2.25 bits per heavy atom. The average molecular weight is 523 g/mol. The van der Waals surface area contributed by atoms with E-state index in [1.54, 1.807) is 42.5 Å². The molecule has 1 fully saturated rings. The molecule has 0 aromatic heterocycles. The maximum absolute atomic E-state index is 13.6. The highest BCUT2D eigenvalue weighted by Crippen LogP contribution is 2.48. The van der Waals surface area contributed by atoms with Crippen LogP contribution in [0.1, 0.15) is 66.6 Å². The maximum atomic E-state index is 13.6. The number of halogens is 1. The molecule has 0 amide bonds. The second-order valence-electron chi connectivity index (χ2n) is 9.16. The van der Waals surface area contributed by atoms with Crippen LogP contribution in [0.3, 0.4) is 0 Å². The van der Waals surface area contributed by atoms with E-state index in [1.165, 1.54) is 0 Å². The number of Topliss-reactive ketones (excluding diaryl/α,β-unsaturated/α-hetero) is 1. The Kier molecular flexibility index (Phi) is 8.27. The standard InChI is InChI=1S/C29H31ClN2O3S/c1-3-4-5-9-16-26(31-36(34,35)23-19-17-21(2)18-20-23)32-27(24-14-10-11-15-25(24)30)28(32)29(33)22-12-7-6-8-13-22/h6-8,10-15,17-20,27-28H,3-5,9,16H2,1-2H3/b31-26-/t27-,28+,32?/m1/s1. The molecule has 0 N–H and O–H groups in total. The lowest BCUT2D eigenvalue weighted by atomic mass is 10.0. The van der Waals surface area contributed by atoms with Crippen molar-refractivity contribution in [1.82, 2.24) is 4.90 Å². The van der Waals surface area contributed by atoms with Gasteiger partial charge in [0.2, 0.25) is 0 Å². The van der Waals surface area contributed by atoms with Gasteiger partial charge in [0, 0.05) is 17.0 Å². The molecule has 3 aromatic rings. The number of benzene rings is 3. The molecule has 0 aliphatic carbocycles. The molecular weight excluding hydrogens is 492 g/mol. The van der Waals surface area contributed by atoms with E-state index in [1.807, 2.05) is 48.2 Å². The zero-order chi connectivity index (χ0) is 25.7. The van der Waals surface area contributed by atoms with Crippen molar-refractivity contribution in [2.45, 2.75) is 62.9 Å². The molecule has 1 aliphatic rings. The van der Waals surface area contributed by atoms with Crippen molar-refractivity contribution in [2.24, 2.45) is 4.40 Å². The molecule has 1 heterocycles. The van der Waals surface area contributed by atoms with Crippen molar-refractivity contribution >= 4 is 33.2 Å². The largest absolute Gasteiger partial charge is 0.337 e. The SMILES string of the molecule is CCCCCC/C(=N/S(=O)(=O)c1ccc(C)cc1)N1[C@H](C(=O)c2ccccc2)[C@H]1c1ccccc1Cl. The Bertz CT molecular complexity index is 1340. The minimum Gasteiger partial charge on any atom is -0.337 e. The first-order valence-corrected chi connectivity index (χ1v) is 14.2. The highest BCUT2D eigenvalue weighted by molar-refractivity contribution is 7.90. The third kappa shape index (κ3) is 5.88. The highest BCUT2D eigenvalue weighted by Gasteiger charge is 2.55. The number of carbonyl (C=O) groups is 1. The lowest BCUT2D eigenvalue weighted by molar-refractivity contribution is 0.0980. The van der Waals surface area contributed by atoms with Crippen molar-refractivity contribution < 1.29 is 13.2 Å². The van der Waals surface area contributed by atoms with E-state index in [0.717, 1.165) is 36.8 Å². The number of hydrogen-bond acceptors (Lipinski definition) is 3. The number of hydrogen-bond donors (Lipinski definition) is 0. The van der Waals surface area contributed by atoms with E-state index in [4.69, 9.17) is 11.6 Å². The van der Waals surface area contributed by atoms with Crippen molar-refractivity contribution in [1.29, 1.82) is 0 Å². The smallest absolute Gasteiger partial charge is 0.283 e. The minimum atomic E-state index is -3.95. The monoisotopic (exact) mass is 522 g/mol. The molecule has 5 nitrogen and oxygen atoms in total. The maximum Gasteiger partial charge on any atom is 0.283 e. The van der Waals surface area contributed by atoms with Crippen LogP contribution < -0.4 is 0 Å². The van der Waals surface area contributed by atoms with Gasteiger partial charge in [-0.25, -0.2) is 0 Å². The normalized spacial score (nSPS) is 17.8. The van der Waals surface area contributed by atoms with E-state index in [9.17, 15) is 13.2 Å². The Hall–Kier alpha value is -2.96. The van der Waals surface area contributed by atoms with E-state index < -0.39 is 16.1 Å². The van der Waals surface area contributed by atoms with Gasteiger partial charge in [0.15, 0.2) is 5.78 Å². The molecule has 0 bridgehead atoms. The predicted molar refractivity (Wildman–Crippen MR) is 145 cm³/mol. The molecule has 0 spiro atoms. The van der Waals surface area contributed by atoms with Gasteiger partial charge in [0.25, 0.3) is 10.0 Å². The summed E-state index contributed by atoms with van der Waals surface area (Å²) in [6.45, 7) is 4.03. The second kappa shape index (κ2) is 11.4. The Balaban J connectivity index is 1.75. The zero-order valence-corrected chi connectivity index (χ0v) is 22.2. The van der Waals surface area contributed by atoms with Gasteiger partial charge in [0.1, 0.15) is 11.9 Å². The molecule has 2 atom stereocenters. The van der Waals surface area contributed by atoms with Gasteiger partial charge >= 0.3 is 0 Å². The van der Waals surface area contributed by atoms with Crippen LogP contribution in [0.15, 0.2) is 88.2 Å². The summed E-state index contributed by atoms with van der Waals surface area (Å²) in [4.78, 5) is 15.6. The Morgan fingerprint density at radius 2 is 1.58 bits per heavy atom. The first kappa shape index (κ1) is 26.1. The number of ketones is 1. The molecule has 0 saturated carbocycles. The Labute approximate surface area is 218 Å². The van der Waals surface area contributed by atoms with Crippen LogP contribution in [0.4, 0.5) is 0 Å². The first-order chi connectivity index (χ1) is 17.3. The van der Waals surface area contributed by atoms with Crippen LogP contribution in [0.2, 0.25) is 5.02 Å². The van der Waals surface area contributed by atoms with Crippen LogP contribution >= 0.6 is 11.6 Å². The molecule has 7 heteroatoms. The van der Waals surface area contributed by atoms with Crippen LogP contribution in [0, 0.1) is 6.92 Å². The van der Waals surface area contributed by atoms with Gasteiger partial charge in [-0.05, 0) is 37.1 Å². The third-order valence-electron chi connectivity index (χ3n) is 6.46. The third-order valence-corrected chi connectivity index (χ3v) is 8.12. The van der Waals surface area contributed by atoms with Gasteiger partial charge in [-0.3, -0.25) is 4.79 Å². The predicted octanol–water partition coefficient (Wildman–Crippen LogP) is 7.01. The Morgan fingerprint density at radius 1 is 0.917 bits per heavy atom. The molecule has 3 aromatic carbocycles. The molecule has 1 aliphatic heterocycles. The van der Waals surface area contributed by atoms with E-state index in [-0.39, 0.29) is 16.7 Å². The number of sulfonamides is 1. The number of unbranched alkanes of at least 4 members (excludes halogenated alkanes) is 3. The van der Waals surface area contributed by atoms with E-state index >= 15 is 0 Å². The summed E-state index contributed by atoms with van der Waals surface area (Å²) in [7, 11) is -3.95. The molecule has 1 saturated heterocycles. The summed E-state index contributed by atoms with van der Waals surface area (Å²) in [6.07, 6.45) is 4.33. The fourth-order valence-electron chi connectivity index (χ4n) is 4.46. The fourth-order valence-corrected chi connectivity index (χ4v) is 5.76. The summed E-state index contributed by atoms with van der Waals surface area (Å²) >= 11 is 6.54. The fraction of sp³-hybridized carbons (Fsp3) is 0.310. The highest BCUT2D eigenvalue weighted by atomic mass is 35.5. The van der Waals surface area contributed by atoms with E-state index in [0.29, 0.717) is 22.8 Å². The van der Waals surface area contributed by atoms with Gasteiger partial charge < -0.3 is 4.90 Å². The van der Waals surface area contributed by atoms with Crippen molar-refractivity contribution in [2.75, 3.05) is 0 Å². The molecule has 0 radical (unpaired) electrons. The second-order valence-corrected chi connectivity index (χ2v) is 11.2. The summed E-state index contributed by atoms with van der Waals surface area (Å²) in [5.74, 6) is 0.334. The number of nitrogens with zero attached hydrogens (tertiary/aromatic N) is 2. The summed E-state index contributed by atoms with van der Waals surface area (Å²) in [6, 6.07) is 22.2. The molecule has 0 unspecified atom stereocenters. The first-order valence-electron chi connectivity index (χ1n) is 12.4. The van der Waals surface area contributed by atoms with Crippen LogP contribution in [0.5, 0.6) is 0 Å². The van der Waals surface area contributed by atoms with Crippen LogP contribution in [-0.2, 0) is 10.0 Å². The van der Waals surface area contributed by atoms with E-state index in [2.05, 4.69) is 11.3 Å². The van der Waals surface area contributed by atoms with Crippen molar-refractivity contribution in [3.05, 3.63) is 101 Å². The topological polar surface area (TPSA) is 66.6 Å². The number of aryl methyl sites for hydroxylation is 1. The van der Waals surface area contributed by atoms with Crippen LogP contribution in [0.25, 0.3) is 0 Å². The van der Waals surface area contributed by atoms with Gasteiger partial charge in [-0.1, -0.05) is 104 Å². The summed E-state index contributed by atoms with van der Waals surface area (Å²) < 4.78 is 30.9. The average Bonchev–Trinajstić information content (AvgIpc) is 3.61. The quantitative estimate of drug-likeness (QED) is 0.0943. The van der Waals surface area contributed by atoms with Gasteiger partial charge in [0.05, 0.1) is 10.9 Å². The lowest BCUT2D eigenvalue weighted by Gasteiger charge is -2.12.